The molecule has 0 heterocycles. The van der Waals surface area contributed by atoms with Crippen LogP contribution >= 0.6 is 11.8 Å². The van der Waals surface area contributed by atoms with Crippen molar-refractivity contribution < 1.29 is 5.11 Å². The summed E-state index contributed by atoms with van der Waals surface area (Å²) in [6, 6.07) is -0.00363. The van der Waals surface area contributed by atoms with Crippen LogP contribution in [0.1, 0.15) is 32.1 Å². The predicted molar refractivity (Wildman–Crippen MR) is 59.0 cm³/mol. The largest absolute Gasteiger partial charge is 0.395 e. The van der Waals surface area contributed by atoms with Crippen molar-refractivity contribution in [1.82, 2.24) is 0 Å². The van der Waals surface area contributed by atoms with Crippen molar-refractivity contribution in [1.29, 1.82) is 0 Å². The highest BCUT2D eigenvalue weighted by Gasteiger charge is 2.14. The fourth-order valence-electron chi connectivity index (χ4n) is 1.75. The highest BCUT2D eigenvalue weighted by atomic mass is 32.2. The van der Waals surface area contributed by atoms with E-state index < -0.39 is 0 Å². The summed E-state index contributed by atoms with van der Waals surface area (Å²) in [6.07, 6.45) is 6.68. The minimum atomic E-state index is -0.00363. The van der Waals surface area contributed by atoms with Gasteiger partial charge in [-0.1, -0.05) is 12.8 Å². The van der Waals surface area contributed by atoms with Crippen LogP contribution in [0, 0.1) is 5.92 Å². The fraction of sp³-hybridized carbons (Fsp3) is 1.00. The van der Waals surface area contributed by atoms with Gasteiger partial charge in [-0.2, -0.15) is 11.8 Å². The van der Waals surface area contributed by atoms with Crippen molar-refractivity contribution in [2.75, 3.05) is 18.1 Å². The summed E-state index contributed by atoms with van der Waals surface area (Å²) < 4.78 is 0. The maximum absolute atomic E-state index is 8.71. The molecule has 1 saturated carbocycles. The van der Waals surface area contributed by atoms with E-state index in [0.717, 1.165) is 18.1 Å². The maximum atomic E-state index is 8.71. The lowest BCUT2D eigenvalue weighted by Gasteiger charge is -2.10. The van der Waals surface area contributed by atoms with E-state index in [1.165, 1.54) is 31.4 Å². The SMILES string of the molecule is NC(CO)CCSCC1CCCC1. The Bertz CT molecular complexity index is 126. The summed E-state index contributed by atoms with van der Waals surface area (Å²) in [7, 11) is 0. The van der Waals surface area contributed by atoms with Gasteiger partial charge in [0.25, 0.3) is 0 Å². The molecule has 1 aliphatic carbocycles. The minimum absolute atomic E-state index is 0.00363. The van der Waals surface area contributed by atoms with Crippen LogP contribution in [0.5, 0.6) is 0 Å². The van der Waals surface area contributed by atoms with Gasteiger partial charge in [-0.15, -0.1) is 0 Å². The normalized spacial score (nSPS) is 20.8. The molecule has 1 fully saturated rings. The Hall–Kier alpha value is 0.270. The average Bonchev–Trinajstić information content (AvgIpc) is 2.64. The molecule has 0 amide bonds. The first-order valence-electron chi connectivity index (χ1n) is 5.27. The standard InChI is InChI=1S/C10H21NOS/c11-10(7-12)5-6-13-8-9-3-1-2-4-9/h9-10,12H,1-8,11H2. The van der Waals surface area contributed by atoms with Gasteiger partial charge >= 0.3 is 0 Å². The molecule has 0 bridgehead atoms. The van der Waals surface area contributed by atoms with Crippen LogP contribution in [0.3, 0.4) is 0 Å². The second-order valence-electron chi connectivity index (χ2n) is 3.96. The van der Waals surface area contributed by atoms with E-state index in [1.54, 1.807) is 0 Å². The molecule has 3 N–H and O–H groups in total. The first kappa shape index (κ1) is 11.3. The molecule has 13 heavy (non-hydrogen) atoms. The van der Waals surface area contributed by atoms with E-state index in [1.807, 2.05) is 11.8 Å². The number of aliphatic hydroxyl groups excluding tert-OH is 1. The van der Waals surface area contributed by atoms with Gasteiger partial charge in [0.15, 0.2) is 0 Å². The lowest BCUT2D eigenvalue weighted by atomic mass is 10.1. The summed E-state index contributed by atoms with van der Waals surface area (Å²) in [5.74, 6) is 3.38. The van der Waals surface area contributed by atoms with Crippen molar-refractivity contribution in [2.45, 2.75) is 38.1 Å². The van der Waals surface area contributed by atoms with E-state index in [9.17, 15) is 0 Å². The van der Waals surface area contributed by atoms with Crippen molar-refractivity contribution in [2.24, 2.45) is 11.7 Å². The zero-order chi connectivity index (χ0) is 9.52. The predicted octanol–water partition coefficient (Wildman–Crippen LogP) is 1.62. The Morgan fingerprint density at radius 3 is 2.69 bits per heavy atom. The number of thioether (sulfide) groups is 1. The van der Waals surface area contributed by atoms with Crippen molar-refractivity contribution in [3.8, 4) is 0 Å². The lowest BCUT2D eigenvalue weighted by Crippen LogP contribution is -2.24. The minimum Gasteiger partial charge on any atom is -0.395 e. The second-order valence-corrected chi connectivity index (χ2v) is 5.11. The maximum Gasteiger partial charge on any atom is 0.0582 e. The van der Waals surface area contributed by atoms with E-state index in [4.69, 9.17) is 10.8 Å². The van der Waals surface area contributed by atoms with Crippen LogP contribution < -0.4 is 5.73 Å². The summed E-state index contributed by atoms with van der Waals surface area (Å²) >= 11 is 2.00. The van der Waals surface area contributed by atoms with Gasteiger partial charge < -0.3 is 10.8 Å². The molecule has 1 aliphatic rings. The molecule has 1 atom stereocenters. The van der Waals surface area contributed by atoms with E-state index in [2.05, 4.69) is 0 Å². The van der Waals surface area contributed by atoms with E-state index >= 15 is 0 Å². The van der Waals surface area contributed by atoms with Crippen molar-refractivity contribution >= 4 is 11.8 Å². The molecule has 0 aromatic rings. The molecule has 0 radical (unpaired) electrons. The van der Waals surface area contributed by atoms with Crippen LogP contribution in [-0.2, 0) is 0 Å². The molecule has 0 aromatic carbocycles. The molecular weight excluding hydrogens is 182 g/mol. The lowest BCUT2D eigenvalue weighted by molar-refractivity contribution is 0.264. The number of hydrogen-bond acceptors (Lipinski definition) is 3. The number of aliphatic hydroxyl groups is 1. The van der Waals surface area contributed by atoms with E-state index in [0.29, 0.717) is 0 Å². The Balaban J connectivity index is 1.88. The third kappa shape index (κ3) is 4.89. The number of hydrogen-bond donors (Lipinski definition) is 2. The van der Waals surface area contributed by atoms with E-state index in [-0.39, 0.29) is 12.6 Å². The quantitative estimate of drug-likeness (QED) is 0.645. The summed E-state index contributed by atoms with van der Waals surface area (Å²) in [4.78, 5) is 0. The summed E-state index contributed by atoms with van der Waals surface area (Å²) in [5.41, 5.74) is 5.60. The molecular formula is C10H21NOS. The first-order valence-corrected chi connectivity index (χ1v) is 6.42. The van der Waals surface area contributed by atoms with Crippen LogP contribution in [-0.4, -0.2) is 29.3 Å². The van der Waals surface area contributed by atoms with Crippen molar-refractivity contribution in [3.05, 3.63) is 0 Å². The van der Waals surface area contributed by atoms with Crippen LogP contribution in [0.4, 0.5) is 0 Å². The van der Waals surface area contributed by atoms with Gasteiger partial charge in [-0.05, 0) is 36.7 Å². The van der Waals surface area contributed by atoms with Crippen LogP contribution in [0.2, 0.25) is 0 Å². The van der Waals surface area contributed by atoms with Crippen LogP contribution in [0.25, 0.3) is 0 Å². The first-order chi connectivity index (χ1) is 6.33. The summed E-state index contributed by atoms with van der Waals surface area (Å²) in [6.45, 7) is 0.129. The molecule has 0 aliphatic heterocycles. The molecule has 0 saturated heterocycles. The number of rotatable bonds is 6. The third-order valence-electron chi connectivity index (χ3n) is 2.70. The Morgan fingerprint density at radius 1 is 1.38 bits per heavy atom. The highest BCUT2D eigenvalue weighted by Crippen LogP contribution is 2.27. The molecule has 1 rings (SSSR count). The fourth-order valence-corrected chi connectivity index (χ4v) is 3.06. The third-order valence-corrected chi connectivity index (χ3v) is 3.93. The van der Waals surface area contributed by atoms with Crippen molar-refractivity contribution in [3.63, 3.8) is 0 Å². The Kier molecular flexibility index (Phi) is 5.83. The Labute approximate surface area is 85.3 Å². The van der Waals surface area contributed by atoms with Gasteiger partial charge in [0.05, 0.1) is 6.61 Å². The molecule has 2 nitrogen and oxygen atoms in total. The topological polar surface area (TPSA) is 46.2 Å². The van der Waals surface area contributed by atoms with Gasteiger partial charge in [-0.25, -0.2) is 0 Å². The van der Waals surface area contributed by atoms with Crippen LogP contribution in [0.15, 0.2) is 0 Å². The van der Waals surface area contributed by atoms with Gasteiger partial charge in [0.1, 0.15) is 0 Å². The monoisotopic (exact) mass is 203 g/mol. The molecule has 1 unspecified atom stereocenters. The molecule has 0 spiro atoms. The summed E-state index contributed by atoms with van der Waals surface area (Å²) in [5, 5.41) is 8.71. The highest BCUT2D eigenvalue weighted by molar-refractivity contribution is 7.99. The van der Waals surface area contributed by atoms with Gasteiger partial charge in [0.2, 0.25) is 0 Å². The zero-order valence-corrected chi connectivity index (χ0v) is 9.06. The van der Waals surface area contributed by atoms with Gasteiger partial charge in [0, 0.05) is 6.04 Å². The molecule has 3 heteroatoms. The second kappa shape index (κ2) is 6.68. The molecule has 78 valence electrons. The zero-order valence-electron chi connectivity index (χ0n) is 8.24. The average molecular weight is 203 g/mol. The molecule has 0 aromatic heterocycles. The Morgan fingerprint density at radius 2 is 2.08 bits per heavy atom. The van der Waals surface area contributed by atoms with Gasteiger partial charge in [-0.3, -0.25) is 0 Å². The number of nitrogens with two attached hydrogens (primary N) is 1. The smallest absolute Gasteiger partial charge is 0.0582 e.